The first-order valence-corrected chi connectivity index (χ1v) is 9.14. The lowest BCUT2D eigenvalue weighted by Crippen LogP contribution is -2.11. The fourth-order valence-corrected chi connectivity index (χ4v) is 4.01. The second-order valence-corrected chi connectivity index (χ2v) is 7.14. The van der Waals surface area contributed by atoms with Crippen LogP contribution in [0.4, 0.5) is 5.13 Å². The summed E-state index contributed by atoms with van der Waals surface area (Å²) in [5, 5.41) is 12.2. The molecular formula is C20H18N2O2S. The molecule has 4 rings (SSSR count). The number of hydrogen-bond donors (Lipinski definition) is 2. The van der Waals surface area contributed by atoms with E-state index >= 15 is 0 Å². The van der Waals surface area contributed by atoms with Crippen LogP contribution in [0.2, 0.25) is 0 Å². The standard InChI is InChI=1S/C20H18N2O2S/c23-9-3-6-19(24)22-20-21-12-18(25-20)14-7-8-17-15(11-14)10-13-4-1-2-5-16(13)17/h1-2,4-5,7-8,11-12,23H,3,6,9-10H2,(H,21,22,24). The third-order valence-corrected chi connectivity index (χ3v) is 5.35. The van der Waals surface area contributed by atoms with Gasteiger partial charge in [-0.1, -0.05) is 47.7 Å². The molecule has 4 nitrogen and oxygen atoms in total. The number of aliphatic hydroxyl groups excluding tert-OH is 1. The first-order valence-electron chi connectivity index (χ1n) is 8.33. The molecule has 1 amide bonds. The van der Waals surface area contributed by atoms with E-state index in [1.165, 1.54) is 33.6 Å². The molecule has 0 radical (unpaired) electrons. The smallest absolute Gasteiger partial charge is 0.226 e. The highest BCUT2D eigenvalue weighted by atomic mass is 32.1. The fourth-order valence-electron chi connectivity index (χ4n) is 3.19. The van der Waals surface area contributed by atoms with E-state index in [-0.39, 0.29) is 12.5 Å². The minimum atomic E-state index is -0.112. The van der Waals surface area contributed by atoms with Crippen molar-refractivity contribution in [2.45, 2.75) is 19.3 Å². The van der Waals surface area contributed by atoms with Crippen LogP contribution >= 0.6 is 11.3 Å². The summed E-state index contributed by atoms with van der Waals surface area (Å²) in [6, 6.07) is 15.0. The van der Waals surface area contributed by atoms with E-state index in [1.54, 1.807) is 6.20 Å². The van der Waals surface area contributed by atoms with Gasteiger partial charge in [0.2, 0.25) is 5.91 Å². The molecule has 126 valence electrons. The van der Waals surface area contributed by atoms with E-state index in [9.17, 15) is 4.79 Å². The Balaban J connectivity index is 1.54. The number of anilines is 1. The number of benzene rings is 2. The Bertz CT molecular complexity index is 933. The lowest BCUT2D eigenvalue weighted by Gasteiger charge is -2.03. The number of carbonyl (C=O) groups excluding carboxylic acids is 1. The summed E-state index contributed by atoms with van der Waals surface area (Å²) in [4.78, 5) is 17.1. The second-order valence-electron chi connectivity index (χ2n) is 6.11. The van der Waals surface area contributed by atoms with Crippen molar-refractivity contribution in [1.82, 2.24) is 4.98 Å². The van der Waals surface area contributed by atoms with Gasteiger partial charge >= 0.3 is 0 Å². The third kappa shape index (κ3) is 3.21. The van der Waals surface area contributed by atoms with Gasteiger partial charge in [0.25, 0.3) is 0 Å². The number of hydrogen-bond acceptors (Lipinski definition) is 4. The average molecular weight is 350 g/mol. The Hall–Kier alpha value is -2.50. The lowest BCUT2D eigenvalue weighted by molar-refractivity contribution is -0.116. The number of amides is 1. The monoisotopic (exact) mass is 350 g/mol. The van der Waals surface area contributed by atoms with Gasteiger partial charge < -0.3 is 10.4 Å². The summed E-state index contributed by atoms with van der Waals surface area (Å²) >= 11 is 1.47. The van der Waals surface area contributed by atoms with Crippen molar-refractivity contribution in [2.75, 3.05) is 11.9 Å². The first-order chi connectivity index (χ1) is 12.2. The lowest BCUT2D eigenvalue weighted by atomic mass is 10.0. The summed E-state index contributed by atoms with van der Waals surface area (Å²) in [6.45, 7) is 0.0219. The maximum Gasteiger partial charge on any atom is 0.226 e. The van der Waals surface area contributed by atoms with Crippen molar-refractivity contribution in [2.24, 2.45) is 0 Å². The quantitative estimate of drug-likeness (QED) is 0.570. The van der Waals surface area contributed by atoms with Crippen LogP contribution in [0.3, 0.4) is 0 Å². The molecule has 2 aromatic carbocycles. The van der Waals surface area contributed by atoms with Crippen molar-refractivity contribution in [1.29, 1.82) is 0 Å². The molecular weight excluding hydrogens is 332 g/mol. The number of fused-ring (bicyclic) bond motifs is 3. The minimum absolute atomic E-state index is 0.0219. The number of aliphatic hydroxyl groups is 1. The van der Waals surface area contributed by atoms with Crippen LogP contribution in [0.15, 0.2) is 48.7 Å². The average Bonchev–Trinajstić information content (AvgIpc) is 3.23. The Morgan fingerprint density at radius 2 is 2.00 bits per heavy atom. The third-order valence-electron chi connectivity index (χ3n) is 4.39. The molecule has 1 aliphatic rings. The Labute approximate surface area is 150 Å². The summed E-state index contributed by atoms with van der Waals surface area (Å²) in [6.07, 6.45) is 3.54. The van der Waals surface area contributed by atoms with Gasteiger partial charge in [-0.3, -0.25) is 4.79 Å². The largest absolute Gasteiger partial charge is 0.396 e. The number of carbonyl (C=O) groups is 1. The molecule has 0 spiro atoms. The highest BCUT2D eigenvalue weighted by Gasteiger charge is 2.18. The molecule has 0 fully saturated rings. The molecule has 5 heteroatoms. The van der Waals surface area contributed by atoms with Gasteiger partial charge in [0.1, 0.15) is 0 Å². The van der Waals surface area contributed by atoms with Gasteiger partial charge in [-0.15, -0.1) is 0 Å². The van der Waals surface area contributed by atoms with E-state index in [1.807, 2.05) is 0 Å². The van der Waals surface area contributed by atoms with Crippen molar-refractivity contribution >= 4 is 22.4 Å². The summed E-state index contributed by atoms with van der Waals surface area (Å²) in [7, 11) is 0. The van der Waals surface area contributed by atoms with Crippen LogP contribution in [-0.2, 0) is 11.2 Å². The molecule has 3 aromatic rings. The zero-order chi connectivity index (χ0) is 17.2. The van der Waals surface area contributed by atoms with Crippen LogP contribution in [0.1, 0.15) is 24.0 Å². The van der Waals surface area contributed by atoms with E-state index in [2.05, 4.69) is 52.8 Å². The number of nitrogens with zero attached hydrogens (tertiary/aromatic N) is 1. The van der Waals surface area contributed by atoms with Crippen LogP contribution in [-0.4, -0.2) is 22.6 Å². The van der Waals surface area contributed by atoms with Gasteiger partial charge in [-0.2, -0.15) is 0 Å². The minimum Gasteiger partial charge on any atom is -0.396 e. The molecule has 2 N–H and O–H groups in total. The predicted molar refractivity (Wildman–Crippen MR) is 101 cm³/mol. The van der Waals surface area contributed by atoms with Gasteiger partial charge in [0, 0.05) is 19.2 Å². The summed E-state index contributed by atoms with van der Waals surface area (Å²) < 4.78 is 0. The van der Waals surface area contributed by atoms with Crippen LogP contribution < -0.4 is 5.32 Å². The van der Waals surface area contributed by atoms with Gasteiger partial charge in [0.15, 0.2) is 5.13 Å². The molecule has 1 aliphatic carbocycles. The molecule has 1 heterocycles. The zero-order valence-electron chi connectivity index (χ0n) is 13.7. The van der Waals surface area contributed by atoms with Crippen LogP contribution in [0.5, 0.6) is 0 Å². The van der Waals surface area contributed by atoms with Crippen molar-refractivity contribution < 1.29 is 9.90 Å². The number of nitrogens with one attached hydrogen (secondary N) is 1. The molecule has 1 aromatic heterocycles. The molecule has 0 aliphatic heterocycles. The highest BCUT2D eigenvalue weighted by molar-refractivity contribution is 7.19. The molecule has 0 saturated carbocycles. The maximum absolute atomic E-state index is 11.7. The van der Waals surface area contributed by atoms with Crippen molar-refractivity contribution in [3.63, 3.8) is 0 Å². The SMILES string of the molecule is O=C(CCCO)Nc1ncc(-c2ccc3c(c2)Cc2ccccc2-3)s1. The highest BCUT2D eigenvalue weighted by Crippen LogP contribution is 2.39. The fraction of sp³-hybridized carbons (Fsp3) is 0.200. The van der Waals surface area contributed by atoms with Crippen molar-refractivity contribution in [3.8, 4) is 21.6 Å². The Kier molecular flexibility index (Phi) is 4.34. The maximum atomic E-state index is 11.7. The number of aromatic nitrogens is 1. The van der Waals surface area contributed by atoms with Crippen LogP contribution in [0, 0.1) is 0 Å². The van der Waals surface area contributed by atoms with Gasteiger partial charge in [-0.25, -0.2) is 4.98 Å². The normalized spacial score (nSPS) is 11.9. The van der Waals surface area contributed by atoms with Crippen molar-refractivity contribution in [3.05, 3.63) is 59.8 Å². The number of rotatable bonds is 5. The Morgan fingerprint density at radius 1 is 1.16 bits per heavy atom. The van der Waals surface area contributed by atoms with E-state index in [0.29, 0.717) is 18.0 Å². The zero-order valence-corrected chi connectivity index (χ0v) is 14.5. The Morgan fingerprint density at radius 3 is 2.88 bits per heavy atom. The van der Waals surface area contributed by atoms with Gasteiger partial charge in [0.05, 0.1) is 4.88 Å². The second kappa shape index (κ2) is 6.78. The number of thiazole rings is 1. The topological polar surface area (TPSA) is 62.2 Å². The first kappa shape index (κ1) is 16.0. The predicted octanol–water partition coefficient (Wildman–Crippen LogP) is 4.09. The molecule has 0 bridgehead atoms. The van der Waals surface area contributed by atoms with E-state index in [4.69, 9.17) is 5.11 Å². The van der Waals surface area contributed by atoms with E-state index in [0.717, 1.165) is 16.9 Å². The summed E-state index contributed by atoms with van der Waals surface area (Å²) in [5.74, 6) is -0.112. The molecule has 0 atom stereocenters. The van der Waals surface area contributed by atoms with Gasteiger partial charge in [-0.05, 0) is 46.7 Å². The summed E-state index contributed by atoms with van der Waals surface area (Å²) in [5.41, 5.74) is 6.46. The van der Waals surface area contributed by atoms with Crippen LogP contribution in [0.25, 0.3) is 21.6 Å². The molecule has 0 unspecified atom stereocenters. The molecule has 0 saturated heterocycles. The van der Waals surface area contributed by atoms with E-state index < -0.39 is 0 Å². The molecule has 25 heavy (non-hydrogen) atoms.